The third-order valence-electron chi connectivity index (χ3n) is 6.42. The van der Waals surface area contributed by atoms with E-state index >= 15 is 0 Å². The number of carbonyl (C=O) groups is 1. The first kappa shape index (κ1) is 19.6. The van der Waals surface area contributed by atoms with Crippen LogP contribution in [-0.2, 0) is 4.74 Å². The van der Waals surface area contributed by atoms with Crippen LogP contribution in [-0.4, -0.2) is 52.7 Å². The second-order valence-corrected chi connectivity index (χ2v) is 7.71. The predicted molar refractivity (Wildman–Crippen MR) is 101 cm³/mol. The van der Waals surface area contributed by atoms with E-state index in [2.05, 4.69) is 20.9 Å². The maximum absolute atomic E-state index is 12.7. The number of hydrogen-bond donors (Lipinski definition) is 2. The summed E-state index contributed by atoms with van der Waals surface area (Å²) in [5, 5.41) is 14.9. The first-order valence-electron chi connectivity index (χ1n) is 9.78. The van der Waals surface area contributed by atoms with Gasteiger partial charge in [0.1, 0.15) is 0 Å². The highest BCUT2D eigenvalue weighted by Gasteiger charge is 2.57. The summed E-state index contributed by atoms with van der Waals surface area (Å²) < 4.78 is 7.79. The van der Waals surface area contributed by atoms with Gasteiger partial charge in [0.15, 0.2) is 5.69 Å². The summed E-state index contributed by atoms with van der Waals surface area (Å²) in [5.41, 5.74) is 0.586. The Kier molecular flexibility index (Phi) is 6.20. The van der Waals surface area contributed by atoms with Gasteiger partial charge in [0, 0.05) is 18.1 Å². The molecular weight excluding hydrogens is 354 g/mol. The lowest BCUT2D eigenvalue weighted by Gasteiger charge is -2.53. The molecule has 8 heteroatoms. The van der Waals surface area contributed by atoms with Gasteiger partial charge in [0.2, 0.25) is 0 Å². The average molecular weight is 384 g/mol. The molecule has 1 saturated heterocycles. The number of nitrogens with one attached hydrogen (secondary N) is 2. The zero-order chi connectivity index (χ0) is 17.3. The van der Waals surface area contributed by atoms with Crippen LogP contribution in [0.5, 0.6) is 0 Å². The Hall–Kier alpha value is -1.18. The third kappa shape index (κ3) is 3.49. The van der Waals surface area contributed by atoms with Crippen molar-refractivity contribution in [2.75, 3.05) is 19.7 Å². The molecule has 4 rings (SSSR count). The Balaban J connectivity index is 0.00000196. The van der Waals surface area contributed by atoms with Crippen molar-refractivity contribution in [1.82, 2.24) is 25.6 Å². The van der Waals surface area contributed by atoms with Crippen LogP contribution in [0.15, 0.2) is 6.20 Å². The van der Waals surface area contributed by atoms with Gasteiger partial charge >= 0.3 is 0 Å². The highest BCUT2D eigenvalue weighted by molar-refractivity contribution is 5.92. The first-order chi connectivity index (χ1) is 12.2. The van der Waals surface area contributed by atoms with Crippen molar-refractivity contribution in [2.45, 2.75) is 70.1 Å². The van der Waals surface area contributed by atoms with Gasteiger partial charge in [-0.05, 0) is 52.1 Å². The van der Waals surface area contributed by atoms with Gasteiger partial charge in [-0.1, -0.05) is 18.1 Å². The van der Waals surface area contributed by atoms with Crippen LogP contribution in [0.2, 0.25) is 0 Å². The molecule has 2 N–H and O–H groups in total. The highest BCUT2D eigenvalue weighted by Crippen LogP contribution is 2.54. The molecule has 2 saturated carbocycles. The van der Waals surface area contributed by atoms with Crippen molar-refractivity contribution in [2.24, 2.45) is 5.41 Å². The quantitative estimate of drug-likeness (QED) is 0.813. The molecule has 1 spiro atoms. The standard InChI is InChI=1S/C18H29N5O2.ClH/c1-2-25-16-11-15(18(16)7-3-4-8-18)20-17(24)14-12-23(22-21-14)13-5-9-19-10-6-13;/h12-13,15-16,19H,2-11H2,1H3,(H,20,24);1H. The zero-order valence-electron chi connectivity index (χ0n) is 15.4. The molecule has 0 radical (unpaired) electrons. The Morgan fingerprint density at radius 2 is 2.12 bits per heavy atom. The Morgan fingerprint density at radius 1 is 1.38 bits per heavy atom. The van der Waals surface area contributed by atoms with E-state index in [-0.39, 0.29) is 29.8 Å². The topological polar surface area (TPSA) is 81.1 Å². The van der Waals surface area contributed by atoms with Gasteiger partial charge in [-0.25, -0.2) is 4.68 Å². The number of ether oxygens (including phenoxy) is 1. The van der Waals surface area contributed by atoms with E-state index in [1.54, 1.807) is 0 Å². The molecule has 2 unspecified atom stereocenters. The van der Waals surface area contributed by atoms with Crippen molar-refractivity contribution in [3.63, 3.8) is 0 Å². The van der Waals surface area contributed by atoms with Crippen molar-refractivity contribution < 1.29 is 9.53 Å². The van der Waals surface area contributed by atoms with Gasteiger partial charge in [0.25, 0.3) is 5.91 Å². The van der Waals surface area contributed by atoms with E-state index in [9.17, 15) is 4.79 Å². The van der Waals surface area contributed by atoms with Crippen molar-refractivity contribution in [3.05, 3.63) is 11.9 Å². The molecule has 0 aromatic carbocycles. The molecule has 1 amide bonds. The third-order valence-corrected chi connectivity index (χ3v) is 6.42. The molecule has 1 aromatic heterocycles. The van der Waals surface area contributed by atoms with E-state index < -0.39 is 0 Å². The van der Waals surface area contributed by atoms with Crippen LogP contribution in [0, 0.1) is 5.41 Å². The predicted octanol–water partition coefficient (Wildman–Crippen LogP) is 2.09. The molecule has 2 atom stereocenters. The summed E-state index contributed by atoms with van der Waals surface area (Å²) in [7, 11) is 0. The SMILES string of the molecule is CCOC1CC(NC(=O)c2cn(C3CCNCC3)nn2)C12CCCC2.Cl. The lowest BCUT2D eigenvalue weighted by molar-refractivity contribution is -0.127. The van der Waals surface area contributed by atoms with E-state index in [0.29, 0.717) is 17.8 Å². The van der Waals surface area contributed by atoms with Gasteiger partial charge in [0.05, 0.1) is 18.3 Å². The molecule has 1 aliphatic heterocycles. The molecule has 2 aliphatic carbocycles. The van der Waals surface area contributed by atoms with Crippen LogP contribution in [0.1, 0.15) is 68.4 Å². The summed E-state index contributed by atoms with van der Waals surface area (Å²) in [4.78, 5) is 12.7. The molecular formula is C18H30ClN5O2. The van der Waals surface area contributed by atoms with Gasteiger partial charge in [-0.3, -0.25) is 4.79 Å². The van der Waals surface area contributed by atoms with Crippen molar-refractivity contribution in [3.8, 4) is 0 Å². The van der Waals surface area contributed by atoms with Gasteiger partial charge in [-0.2, -0.15) is 0 Å². The number of hydrogen-bond acceptors (Lipinski definition) is 5. The second kappa shape index (κ2) is 8.23. The number of halogens is 1. The van der Waals surface area contributed by atoms with Crippen molar-refractivity contribution >= 4 is 18.3 Å². The lowest BCUT2D eigenvalue weighted by Crippen LogP contribution is -2.63. The van der Waals surface area contributed by atoms with Gasteiger partial charge < -0.3 is 15.4 Å². The summed E-state index contributed by atoms with van der Waals surface area (Å²) >= 11 is 0. The Bertz CT molecular complexity index is 610. The van der Waals surface area contributed by atoms with E-state index in [1.807, 2.05) is 17.8 Å². The van der Waals surface area contributed by atoms with E-state index in [1.165, 1.54) is 12.8 Å². The van der Waals surface area contributed by atoms with Gasteiger partial charge in [-0.15, -0.1) is 17.5 Å². The number of nitrogens with zero attached hydrogens (tertiary/aromatic N) is 3. The first-order valence-corrected chi connectivity index (χ1v) is 9.78. The largest absolute Gasteiger partial charge is 0.378 e. The minimum Gasteiger partial charge on any atom is -0.378 e. The average Bonchev–Trinajstić information content (AvgIpc) is 3.32. The molecule has 3 fully saturated rings. The fourth-order valence-corrected chi connectivity index (χ4v) is 4.95. The number of aromatic nitrogens is 3. The summed E-state index contributed by atoms with van der Waals surface area (Å²) in [6.45, 7) is 4.79. The Labute approximate surface area is 161 Å². The van der Waals surface area contributed by atoms with Crippen LogP contribution < -0.4 is 10.6 Å². The second-order valence-electron chi connectivity index (χ2n) is 7.71. The molecule has 0 bridgehead atoms. The molecule has 3 aliphatic rings. The minimum atomic E-state index is -0.0913. The summed E-state index contributed by atoms with van der Waals surface area (Å²) in [6.07, 6.45) is 9.89. The summed E-state index contributed by atoms with van der Waals surface area (Å²) in [6, 6.07) is 0.561. The normalized spacial score (nSPS) is 27.7. The molecule has 2 heterocycles. The van der Waals surface area contributed by atoms with Crippen LogP contribution in [0.25, 0.3) is 0 Å². The monoisotopic (exact) mass is 383 g/mol. The molecule has 1 aromatic rings. The molecule has 7 nitrogen and oxygen atoms in total. The van der Waals surface area contributed by atoms with Crippen LogP contribution >= 0.6 is 12.4 Å². The van der Waals surface area contributed by atoms with Crippen LogP contribution in [0.3, 0.4) is 0 Å². The minimum absolute atomic E-state index is 0. The highest BCUT2D eigenvalue weighted by atomic mass is 35.5. The fourth-order valence-electron chi connectivity index (χ4n) is 4.95. The molecule has 26 heavy (non-hydrogen) atoms. The number of rotatable bonds is 5. The molecule has 146 valence electrons. The number of carbonyl (C=O) groups excluding carboxylic acids is 1. The van der Waals surface area contributed by atoms with Crippen molar-refractivity contribution in [1.29, 1.82) is 0 Å². The lowest BCUT2D eigenvalue weighted by atomic mass is 9.60. The summed E-state index contributed by atoms with van der Waals surface area (Å²) in [5.74, 6) is -0.0913. The Morgan fingerprint density at radius 3 is 2.81 bits per heavy atom. The zero-order valence-corrected chi connectivity index (χ0v) is 16.3. The number of amides is 1. The van der Waals surface area contributed by atoms with Crippen LogP contribution in [0.4, 0.5) is 0 Å². The van der Waals surface area contributed by atoms with E-state index in [0.717, 1.165) is 51.8 Å². The fraction of sp³-hybridized carbons (Fsp3) is 0.833. The smallest absolute Gasteiger partial charge is 0.273 e. The maximum atomic E-state index is 12.7. The maximum Gasteiger partial charge on any atom is 0.273 e. The number of piperidine rings is 1. The van der Waals surface area contributed by atoms with E-state index in [4.69, 9.17) is 4.74 Å².